The van der Waals surface area contributed by atoms with Gasteiger partial charge in [-0.05, 0) is 19.3 Å². The molecule has 1 rings (SSSR count). The third kappa shape index (κ3) is 3.95. The Labute approximate surface area is 100 Å². The van der Waals surface area contributed by atoms with Crippen LogP contribution in [0.2, 0.25) is 0 Å². The molecule has 14 heavy (non-hydrogen) atoms. The molecule has 0 spiro atoms. The summed E-state index contributed by atoms with van der Waals surface area (Å²) in [6, 6.07) is 0. The van der Waals surface area contributed by atoms with Crippen molar-refractivity contribution in [1.82, 2.24) is 0 Å². The average Bonchev–Trinajstić information content (AvgIpc) is 2.18. The third-order valence-electron chi connectivity index (χ3n) is 1.96. The molecular formula is C11H18S3. The minimum Gasteiger partial charge on any atom is -0.133 e. The molecule has 2 atom stereocenters. The lowest BCUT2D eigenvalue weighted by Gasteiger charge is -2.32. The maximum Gasteiger partial charge on any atom is 0.0559 e. The van der Waals surface area contributed by atoms with Gasteiger partial charge in [0.05, 0.1) is 13.7 Å². The number of hydrogen-bond acceptors (Lipinski definition) is 3. The SMILES string of the molecule is C=CCC1SC(CC)SC(CC=C)S1. The summed E-state index contributed by atoms with van der Waals surface area (Å²) in [6.07, 6.45) is 7.59. The predicted octanol–water partition coefficient (Wildman–Crippen LogP) is 4.74. The molecule has 0 bridgehead atoms. The third-order valence-corrected chi connectivity index (χ3v) is 7.22. The van der Waals surface area contributed by atoms with Gasteiger partial charge in [-0.15, -0.1) is 48.4 Å². The van der Waals surface area contributed by atoms with Gasteiger partial charge < -0.3 is 0 Å². The van der Waals surface area contributed by atoms with E-state index in [1.807, 2.05) is 12.2 Å². The lowest BCUT2D eigenvalue weighted by Crippen LogP contribution is -2.17. The van der Waals surface area contributed by atoms with Crippen molar-refractivity contribution in [3.8, 4) is 0 Å². The lowest BCUT2D eigenvalue weighted by atomic mass is 10.5. The summed E-state index contributed by atoms with van der Waals surface area (Å²) < 4.78 is 2.19. The first kappa shape index (κ1) is 12.6. The van der Waals surface area contributed by atoms with Crippen molar-refractivity contribution in [1.29, 1.82) is 0 Å². The molecule has 0 nitrogen and oxygen atoms in total. The summed E-state index contributed by atoms with van der Waals surface area (Å²) in [5.74, 6) is 0. The van der Waals surface area contributed by atoms with Gasteiger partial charge in [-0.2, -0.15) is 0 Å². The van der Waals surface area contributed by atoms with E-state index >= 15 is 0 Å². The van der Waals surface area contributed by atoms with Crippen molar-refractivity contribution in [2.24, 2.45) is 0 Å². The average molecular weight is 246 g/mol. The highest BCUT2D eigenvalue weighted by Crippen LogP contribution is 2.50. The molecule has 0 aromatic heterocycles. The first-order valence-corrected chi connectivity index (χ1v) is 7.81. The van der Waals surface area contributed by atoms with E-state index in [1.165, 1.54) is 6.42 Å². The van der Waals surface area contributed by atoms with Crippen molar-refractivity contribution >= 4 is 35.3 Å². The summed E-state index contributed by atoms with van der Waals surface area (Å²) in [7, 11) is 0. The second-order valence-electron chi connectivity index (χ2n) is 3.15. The van der Waals surface area contributed by atoms with Gasteiger partial charge in [0.2, 0.25) is 0 Å². The van der Waals surface area contributed by atoms with Gasteiger partial charge >= 0.3 is 0 Å². The number of rotatable bonds is 5. The van der Waals surface area contributed by atoms with Crippen LogP contribution in [0.25, 0.3) is 0 Å². The first-order chi connectivity index (χ1) is 6.80. The molecule has 1 heterocycles. The first-order valence-electron chi connectivity index (χ1n) is 4.98. The fraction of sp³-hybridized carbons (Fsp3) is 0.636. The molecule has 0 aromatic carbocycles. The molecule has 1 aliphatic heterocycles. The minimum absolute atomic E-state index is 0.712. The largest absolute Gasteiger partial charge is 0.133 e. The standard InChI is InChI=1S/C11H18S3/c1-4-7-10-12-9(6-3)13-11(14-10)8-5-2/h4-5,9-11H,1-2,6-8H2,3H3. The second-order valence-corrected chi connectivity index (χ2v) is 8.28. The molecule has 1 aliphatic rings. The minimum atomic E-state index is 0.712. The van der Waals surface area contributed by atoms with Crippen LogP contribution in [-0.4, -0.2) is 13.7 Å². The highest BCUT2D eigenvalue weighted by Gasteiger charge is 2.27. The van der Waals surface area contributed by atoms with Gasteiger partial charge in [0, 0.05) is 0 Å². The summed E-state index contributed by atoms with van der Waals surface area (Å²) in [5, 5.41) is 0. The fourth-order valence-electron chi connectivity index (χ4n) is 1.29. The van der Waals surface area contributed by atoms with Gasteiger partial charge in [0.15, 0.2) is 0 Å². The van der Waals surface area contributed by atoms with E-state index in [0.29, 0.717) is 9.16 Å². The van der Waals surface area contributed by atoms with E-state index in [4.69, 9.17) is 0 Å². The number of allylic oxidation sites excluding steroid dienone is 2. The van der Waals surface area contributed by atoms with E-state index in [9.17, 15) is 0 Å². The van der Waals surface area contributed by atoms with Gasteiger partial charge in [-0.25, -0.2) is 0 Å². The Bertz CT molecular complexity index is 173. The van der Waals surface area contributed by atoms with E-state index in [1.54, 1.807) is 0 Å². The van der Waals surface area contributed by atoms with Crippen LogP contribution in [0.15, 0.2) is 25.3 Å². The molecule has 0 radical (unpaired) electrons. The van der Waals surface area contributed by atoms with Crippen LogP contribution in [0.3, 0.4) is 0 Å². The highest BCUT2D eigenvalue weighted by atomic mass is 32.3. The zero-order valence-corrected chi connectivity index (χ0v) is 11.1. The van der Waals surface area contributed by atoms with E-state index in [2.05, 4.69) is 55.4 Å². The molecule has 0 saturated carbocycles. The maximum absolute atomic E-state index is 3.82. The Morgan fingerprint density at radius 2 is 1.36 bits per heavy atom. The molecule has 0 aromatic rings. The van der Waals surface area contributed by atoms with Crippen molar-refractivity contribution < 1.29 is 0 Å². The number of thioether (sulfide) groups is 3. The zero-order chi connectivity index (χ0) is 10.4. The number of hydrogen-bond donors (Lipinski definition) is 0. The van der Waals surface area contributed by atoms with Gasteiger partial charge in [0.25, 0.3) is 0 Å². The smallest absolute Gasteiger partial charge is 0.0559 e. The Morgan fingerprint density at radius 1 is 0.929 bits per heavy atom. The molecule has 3 heteroatoms. The van der Waals surface area contributed by atoms with Gasteiger partial charge in [-0.3, -0.25) is 0 Å². The zero-order valence-electron chi connectivity index (χ0n) is 8.65. The van der Waals surface area contributed by atoms with E-state index in [0.717, 1.165) is 17.4 Å². The van der Waals surface area contributed by atoms with Crippen LogP contribution >= 0.6 is 35.3 Å². The van der Waals surface area contributed by atoms with Gasteiger partial charge in [-0.1, -0.05) is 19.1 Å². The van der Waals surface area contributed by atoms with Crippen LogP contribution in [-0.2, 0) is 0 Å². The Kier molecular flexibility index (Phi) is 6.22. The Balaban J connectivity index is 2.46. The Hall–Kier alpha value is 0.530. The highest BCUT2D eigenvalue weighted by molar-refractivity contribution is 8.33. The van der Waals surface area contributed by atoms with Crippen LogP contribution < -0.4 is 0 Å². The predicted molar refractivity (Wildman–Crippen MR) is 74.1 cm³/mol. The summed E-state index contributed by atoms with van der Waals surface area (Å²) in [6.45, 7) is 9.92. The van der Waals surface area contributed by atoms with Crippen LogP contribution in [0.1, 0.15) is 26.2 Å². The van der Waals surface area contributed by atoms with Crippen LogP contribution in [0.5, 0.6) is 0 Å². The molecule has 1 fully saturated rings. The molecule has 0 N–H and O–H groups in total. The Morgan fingerprint density at radius 3 is 1.71 bits per heavy atom. The van der Waals surface area contributed by atoms with Crippen molar-refractivity contribution in [3.63, 3.8) is 0 Å². The summed E-state index contributed by atoms with van der Waals surface area (Å²) in [4.78, 5) is 0. The quantitative estimate of drug-likeness (QED) is 0.643. The van der Waals surface area contributed by atoms with Gasteiger partial charge in [0.1, 0.15) is 0 Å². The van der Waals surface area contributed by atoms with Crippen LogP contribution in [0.4, 0.5) is 0 Å². The monoisotopic (exact) mass is 246 g/mol. The second kappa shape index (κ2) is 6.91. The molecule has 2 unspecified atom stereocenters. The van der Waals surface area contributed by atoms with E-state index in [-0.39, 0.29) is 0 Å². The lowest BCUT2D eigenvalue weighted by molar-refractivity contribution is 1.02. The van der Waals surface area contributed by atoms with Crippen molar-refractivity contribution in [3.05, 3.63) is 25.3 Å². The normalized spacial score (nSPS) is 32.5. The summed E-state index contributed by atoms with van der Waals surface area (Å²) >= 11 is 6.30. The van der Waals surface area contributed by atoms with Crippen molar-refractivity contribution in [2.75, 3.05) is 0 Å². The summed E-state index contributed by atoms with van der Waals surface area (Å²) in [5.41, 5.74) is 0. The molecule has 80 valence electrons. The fourth-order valence-corrected chi connectivity index (χ4v) is 7.50. The molecule has 0 amide bonds. The molecular weight excluding hydrogens is 228 g/mol. The molecule has 0 aliphatic carbocycles. The topological polar surface area (TPSA) is 0 Å². The maximum atomic E-state index is 3.82. The van der Waals surface area contributed by atoms with Crippen molar-refractivity contribution in [2.45, 2.75) is 39.9 Å². The van der Waals surface area contributed by atoms with Crippen LogP contribution in [0, 0.1) is 0 Å². The molecule has 1 saturated heterocycles. The van der Waals surface area contributed by atoms with E-state index < -0.39 is 0 Å².